The van der Waals surface area contributed by atoms with Crippen LogP contribution in [-0.4, -0.2) is 23.1 Å². The van der Waals surface area contributed by atoms with Crippen molar-refractivity contribution in [2.75, 3.05) is 0 Å². The van der Waals surface area contributed by atoms with Crippen LogP contribution in [0.25, 0.3) is 0 Å². The molecule has 3 N–H and O–H groups in total. The van der Waals surface area contributed by atoms with E-state index in [-0.39, 0.29) is 17.8 Å². The van der Waals surface area contributed by atoms with E-state index < -0.39 is 18.0 Å². The number of carboxylic acid groups (broad SMARTS) is 1. The van der Waals surface area contributed by atoms with Crippen LogP contribution in [0, 0.1) is 11.7 Å². The van der Waals surface area contributed by atoms with Gasteiger partial charge in [-0.2, -0.15) is 0 Å². The maximum atomic E-state index is 12.8. The molecule has 1 aromatic carbocycles. The van der Waals surface area contributed by atoms with E-state index in [1.54, 1.807) is 19.1 Å². The summed E-state index contributed by atoms with van der Waals surface area (Å²) in [5.41, 5.74) is 0.738. The van der Waals surface area contributed by atoms with Gasteiger partial charge in [0, 0.05) is 0 Å². The highest BCUT2D eigenvalue weighted by atomic mass is 19.1. The number of halogens is 1. The largest absolute Gasteiger partial charge is 0.480 e. The van der Waals surface area contributed by atoms with E-state index in [0.717, 1.165) is 5.56 Å². The van der Waals surface area contributed by atoms with Gasteiger partial charge >= 0.3 is 12.0 Å². The van der Waals surface area contributed by atoms with E-state index >= 15 is 0 Å². The third-order valence-electron chi connectivity index (χ3n) is 3.03. The molecule has 0 aliphatic heterocycles. The van der Waals surface area contributed by atoms with Gasteiger partial charge in [0.2, 0.25) is 0 Å². The first-order chi connectivity index (χ1) is 9.79. The molecule has 0 spiro atoms. The van der Waals surface area contributed by atoms with Crippen molar-refractivity contribution in [3.05, 3.63) is 35.6 Å². The molecule has 0 aliphatic rings. The maximum Gasteiger partial charge on any atom is 0.326 e. The fourth-order valence-corrected chi connectivity index (χ4v) is 1.92. The fourth-order valence-electron chi connectivity index (χ4n) is 1.92. The van der Waals surface area contributed by atoms with Gasteiger partial charge in [-0.3, -0.25) is 0 Å². The average Bonchev–Trinajstić information content (AvgIpc) is 2.37. The number of carbonyl (C=O) groups is 2. The zero-order chi connectivity index (χ0) is 16.0. The van der Waals surface area contributed by atoms with Crippen molar-refractivity contribution in [1.82, 2.24) is 10.6 Å². The first-order valence-corrected chi connectivity index (χ1v) is 6.85. The molecule has 1 rings (SSSR count). The number of aliphatic carboxylic acids is 1. The SMILES string of the molecule is CC(C)C[C@@H](NC(=O)NC(C)c1ccc(F)cc1)C(=O)O. The van der Waals surface area contributed by atoms with Gasteiger partial charge in [-0.25, -0.2) is 14.0 Å². The predicted octanol–water partition coefficient (Wildman–Crippen LogP) is 2.69. The van der Waals surface area contributed by atoms with Gasteiger partial charge < -0.3 is 15.7 Å². The summed E-state index contributed by atoms with van der Waals surface area (Å²) in [6.45, 7) is 5.51. The Hall–Kier alpha value is -2.11. The molecule has 0 saturated heterocycles. The van der Waals surface area contributed by atoms with Gasteiger partial charge in [0.25, 0.3) is 0 Å². The van der Waals surface area contributed by atoms with E-state index in [1.165, 1.54) is 12.1 Å². The summed E-state index contributed by atoms with van der Waals surface area (Å²) in [4.78, 5) is 22.9. The molecule has 0 radical (unpaired) electrons. The van der Waals surface area contributed by atoms with E-state index in [0.29, 0.717) is 6.42 Å². The van der Waals surface area contributed by atoms with Crippen molar-refractivity contribution in [1.29, 1.82) is 0 Å². The maximum absolute atomic E-state index is 12.8. The lowest BCUT2D eigenvalue weighted by atomic mass is 10.0. The Morgan fingerprint density at radius 1 is 1.14 bits per heavy atom. The highest BCUT2D eigenvalue weighted by Crippen LogP contribution is 2.12. The van der Waals surface area contributed by atoms with Crippen LogP contribution in [0.1, 0.15) is 38.8 Å². The second-order valence-electron chi connectivity index (χ2n) is 5.41. The molecule has 116 valence electrons. The number of rotatable bonds is 6. The fraction of sp³-hybridized carbons (Fsp3) is 0.467. The molecule has 0 aliphatic carbocycles. The van der Waals surface area contributed by atoms with Crippen LogP contribution in [0.2, 0.25) is 0 Å². The smallest absolute Gasteiger partial charge is 0.326 e. The Bertz CT molecular complexity index is 488. The molecule has 0 saturated carbocycles. The number of urea groups is 1. The van der Waals surface area contributed by atoms with Gasteiger partial charge in [0.15, 0.2) is 0 Å². The summed E-state index contributed by atoms with van der Waals surface area (Å²) in [6, 6.07) is 3.94. The zero-order valence-electron chi connectivity index (χ0n) is 12.4. The zero-order valence-corrected chi connectivity index (χ0v) is 12.4. The van der Waals surface area contributed by atoms with Gasteiger partial charge in [-0.1, -0.05) is 26.0 Å². The summed E-state index contributed by atoms with van der Waals surface area (Å²) in [5, 5.41) is 14.1. The van der Waals surface area contributed by atoms with Crippen LogP contribution in [0.15, 0.2) is 24.3 Å². The Balaban J connectivity index is 2.59. The van der Waals surface area contributed by atoms with Gasteiger partial charge in [0.05, 0.1) is 6.04 Å². The molecule has 21 heavy (non-hydrogen) atoms. The van der Waals surface area contributed by atoms with Gasteiger partial charge in [-0.05, 0) is 37.0 Å². The molecule has 6 heteroatoms. The molecule has 1 unspecified atom stereocenters. The standard InChI is InChI=1S/C15H21FN2O3/c1-9(2)8-13(14(19)20)18-15(21)17-10(3)11-4-6-12(16)7-5-11/h4-7,9-10,13H,8H2,1-3H3,(H,19,20)(H2,17,18,21)/t10?,13-/m1/s1. The molecule has 0 aromatic heterocycles. The summed E-state index contributed by atoms with van der Waals surface area (Å²) < 4.78 is 12.8. The number of nitrogens with one attached hydrogen (secondary N) is 2. The minimum absolute atomic E-state index is 0.154. The molecule has 0 bridgehead atoms. The first-order valence-electron chi connectivity index (χ1n) is 6.85. The molecule has 2 atom stereocenters. The van der Waals surface area contributed by atoms with E-state index in [1.807, 2.05) is 13.8 Å². The lowest BCUT2D eigenvalue weighted by Gasteiger charge is -2.19. The van der Waals surface area contributed by atoms with E-state index in [9.17, 15) is 14.0 Å². The third-order valence-corrected chi connectivity index (χ3v) is 3.03. The minimum atomic E-state index is -1.06. The predicted molar refractivity (Wildman–Crippen MR) is 77.4 cm³/mol. The molecule has 1 aromatic rings. The van der Waals surface area contributed by atoms with Crippen LogP contribution in [0.3, 0.4) is 0 Å². The topological polar surface area (TPSA) is 78.4 Å². The number of hydrogen-bond acceptors (Lipinski definition) is 2. The summed E-state index contributed by atoms with van der Waals surface area (Å²) in [5.74, 6) is -1.26. The van der Waals surface area contributed by atoms with Crippen LogP contribution < -0.4 is 10.6 Å². The van der Waals surface area contributed by atoms with Crippen molar-refractivity contribution in [2.24, 2.45) is 5.92 Å². The lowest BCUT2D eigenvalue weighted by molar-refractivity contribution is -0.139. The Morgan fingerprint density at radius 2 is 1.71 bits per heavy atom. The average molecular weight is 296 g/mol. The van der Waals surface area contributed by atoms with Crippen molar-refractivity contribution < 1.29 is 19.1 Å². The van der Waals surface area contributed by atoms with Crippen molar-refractivity contribution in [3.63, 3.8) is 0 Å². The van der Waals surface area contributed by atoms with Crippen LogP contribution in [0.4, 0.5) is 9.18 Å². The number of carboxylic acids is 1. The van der Waals surface area contributed by atoms with Gasteiger partial charge in [0.1, 0.15) is 11.9 Å². The Labute approximate surface area is 123 Å². The number of benzene rings is 1. The molecular formula is C15H21FN2O3. The summed E-state index contributed by atoms with van der Waals surface area (Å²) in [7, 11) is 0. The highest BCUT2D eigenvalue weighted by molar-refractivity contribution is 5.82. The Morgan fingerprint density at radius 3 is 2.19 bits per heavy atom. The quantitative estimate of drug-likeness (QED) is 0.755. The van der Waals surface area contributed by atoms with Crippen molar-refractivity contribution >= 4 is 12.0 Å². The van der Waals surface area contributed by atoms with Crippen molar-refractivity contribution in [2.45, 2.75) is 39.3 Å². The summed E-state index contributed by atoms with van der Waals surface area (Å²) >= 11 is 0. The molecule has 2 amide bonds. The summed E-state index contributed by atoms with van der Waals surface area (Å²) in [6.07, 6.45) is 0.355. The van der Waals surface area contributed by atoms with Crippen LogP contribution in [-0.2, 0) is 4.79 Å². The second-order valence-corrected chi connectivity index (χ2v) is 5.41. The molecule has 0 heterocycles. The second kappa shape index (κ2) is 7.61. The molecule has 0 fully saturated rings. The number of carbonyl (C=O) groups excluding carboxylic acids is 1. The number of amides is 2. The lowest BCUT2D eigenvalue weighted by Crippen LogP contribution is -2.47. The normalized spacial score (nSPS) is 13.6. The minimum Gasteiger partial charge on any atom is -0.480 e. The van der Waals surface area contributed by atoms with E-state index in [4.69, 9.17) is 5.11 Å². The van der Waals surface area contributed by atoms with Crippen LogP contribution >= 0.6 is 0 Å². The van der Waals surface area contributed by atoms with Gasteiger partial charge in [-0.15, -0.1) is 0 Å². The number of hydrogen-bond donors (Lipinski definition) is 3. The molecule has 5 nitrogen and oxygen atoms in total. The van der Waals surface area contributed by atoms with Crippen LogP contribution in [0.5, 0.6) is 0 Å². The highest BCUT2D eigenvalue weighted by Gasteiger charge is 2.21. The first kappa shape index (κ1) is 16.9. The monoisotopic (exact) mass is 296 g/mol. The molecular weight excluding hydrogens is 275 g/mol. The van der Waals surface area contributed by atoms with Crippen molar-refractivity contribution in [3.8, 4) is 0 Å². The van der Waals surface area contributed by atoms with E-state index in [2.05, 4.69) is 10.6 Å². The Kier molecular flexibility index (Phi) is 6.14. The third kappa shape index (κ3) is 5.81.